The van der Waals surface area contributed by atoms with Crippen molar-refractivity contribution < 1.29 is 13.6 Å². The maximum absolute atomic E-state index is 13.8. The zero-order chi connectivity index (χ0) is 20.1. The molecular weight excluding hydrogens is 369 g/mol. The fourth-order valence-electron chi connectivity index (χ4n) is 3.34. The monoisotopic (exact) mass is 391 g/mol. The lowest BCUT2D eigenvalue weighted by Gasteiger charge is -2.16. The van der Waals surface area contributed by atoms with Gasteiger partial charge in [-0.1, -0.05) is 12.1 Å². The number of halogens is 1. The van der Waals surface area contributed by atoms with Crippen molar-refractivity contribution in [3.05, 3.63) is 77.9 Å². The van der Waals surface area contributed by atoms with Gasteiger partial charge in [-0.25, -0.2) is 9.37 Å². The van der Waals surface area contributed by atoms with Gasteiger partial charge in [0.2, 0.25) is 5.91 Å². The lowest BCUT2D eigenvalue weighted by atomic mass is 10.1. The molecule has 29 heavy (non-hydrogen) atoms. The van der Waals surface area contributed by atoms with Crippen LogP contribution < -0.4 is 10.2 Å². The van der Waals surface area contributed by atoms with E-state index in [0.717, 1.165) is 24.5 Å². The number of carbonyl (C=O) groups is 1. The molecule has 0 unspecified atom stereocenters. The van der Waals surface area contributed by atoms with Crippen molar-refractivity contribution in [1.82, 2.24) is 10.3 Å². The fourth-order valence-corrected chi connectivity index (χ4v) is 3.34. The first-order valence-corrected chi connectivity index (χ1v) is 9.69. The summed E-state index contributed by atoms with van der Waals surface area (Å²) in [5.74, 6) is 1.29. The van der Waals surface area contributed by atoms with Gasteiger partial charge in [-0.3, -0.25) is 4.79 Å². The highest BCUT2D eigenvalue weighted by atomic mass is 19.1. The van der Waals surface area contributed by atoms with Gasteiger partial charge in [-0.15, -0.1) is 0 Å². The Hall–Kier alpha value is -3.41. The molecule has 2 aromatic heterocycles. The van der Waals surface area contributed by atoms with E-state index in [1.54, 1.807) is 42.6 Å². The number of nitrogens with zero attached hydrogens (tertiary/aromatic N) is 2. The highest BCUT2D eigenvalue weighted by Crippen LogP contribution is 2.25. The third-order valence-electron chi connectivity index (χ3n) is 4.87. The fraction of sp³-hybridized carbons (Fsp3) is 0.217. The number of furan rings is 1. The average molecular weight is 391 g/mol. The number of pyridine rings is 1. The van der Waals surface area contributed by atoms with Gasteiger partial charge in [-0.2, -0.15) is 0 Å². The maximum Gasteiger partial charge on any atom is 0.244 e. The third-order valence-corrected chi connectivity index (χ3v) is 4.87. The lowest BCUT2D eigenvalue weighted by molar-refractivity contribution is -0.116. The molecule has 0 spiro atoms. The first-order chi connectivity index (χ1) is 14.2. The van der Waals surface area contributed by atoms with E-state index in [1.807, 2.05) is 12.1 Å². The zero-order valence-corrected chi connectivity index (χ0v) is 16.0. The van der Waals surface area contributed by atoms with Gasteiger partial charge in [0.1, 0.15) is 23.2 Å². The van der Waals surface area contributed by atoms with Crippen LogP contribution in [-0.2, 0) is 11.3 Å². The molecule has 6 heteroatoms. The summed E-state index contributed by atoms with van der Waals surface area (Å²) in [4.78, 5) is 18.8. The molecule has 1 aliphatic heterocycles. The van der Waals surface area contributed by atoms with Gasteiger partial charge in [0.15, 0.2) is 0 Å². The number of nitrogens with one attached hydrogen (secondary N) is 1. The molecule has 1 N–H and O–H groups in total. The van der Waals surface area contributed by atoms with Crippen LogP contribution >= 0.6 is 0 Å². The summed E-state index contributed by atoms with van der Waals surface area (Å²) in [7, 11) is 0. The van der Waals surface area contributed by atoms with Gasteiger partial charge in [0, 0.05) is 31.9 Å². The molecule has 0 aliphatic carbocycles. The van der Waals surface area contributed by atoms with E-state index >= 15 is 0 Å². The largest absolute Gasteiger partial charge is 0.457 e. The van der Waals surface area contributed by atoms with Crippen molar-refractivity contribution in [2.24, 2.45) is 0 Å². The Morgan fingerprint density at radius 2 is 2.00 bits per heavy atom. The molecule has 0 atom stereocenters. The highest BCUT2D eigenvalue weighted by molar-refractivity contribution is 5.91. The van der Waals surface area contributed by atoms with Crippen LogP contribution in [0.25, 0.3) is 17.4 Å². The van der Waals surface area contributed by atoms with Crippen molar-refractivity contribution in [1.29, 1.82) is 0 Å². The molecule has 1 aromatic carbocycles. The summed E-state index contributed by atoms with van der Waals surface area (Å²) in [6.07, 6.45) is 7.14. The van der Waals surface area contributed by atoms with Crippen LogP contribution in [-0.4, -0.2) is 24.0 Å². The molecule has 5 nitrogen and oxygen atoms in total. The molecule has 3 aromatic rings. The van der Waals surface area contributed by atoms with Crippen LogP contribution in [0.15, 0.2) is 65.2 Å². The van der Waals surface area contributed by atoms with Crippen LogP contribution in [0.2, 0.25) is 0 Å². The molecular formula is C23H22FN3O2. The molecule has 1 aliphatic rings. The van der Waals surface area contributed by atoms with Crippen LogP contribution in [0.5, 0.6) is 0 Å². The van der Waals surface area contributed by atoms with E-state index in [0.29, 0.717) is 23.6 Å². The second-order valence-electron chi connectivity index (χ2n) is 6.95. The summed E-state index contributed by atoms with van der Waals surface area (Å²) >= 11 is 0. The average Bonchev–Trinajstić information content (AvgIpc) is 3.44. The number of aromatic nitrogens is 1. The van der Waals surface area contributed by atoms with Gasteiger partial charge >= 0.3 is 0 Å². The standard InChI is InChI=1S/C23H22FN3O2/c24-20-6-2-1-5-19(20)21-9-7-18(29-21)8-10-23(28)26-16-17-11-12-25-22(15-17)27-13-3-4-14-27/h1-2,5-12,15H,3-4,13-14,16H2,(H,26,28). The Bertz CT molecular complexity index is 1020. The minimum Gasteiger partial charge on any atom is -0.457 e. The van der Waals surface area contributed by atoms with Crippen LogP contribution in [0, 0.1) is 5.82 Å². The molecule has 1 amide bonds. The quantitative estimate of drug-likeness (QED) is 0.633. The van der Waals surface area contributed by atoms with Crippen LogP contribution in [0.4, 0.5) is 10.2 Å². The lowest BCUT2D eigenvalue weighted by Crippen LogP contribution is -2.22. The Morgan fingerprint density at radius 1 is 1.17 bits per heavy atom. The number of benzene rings is 1. The predicted octanol–water partition coefficient (Wildman–Crippen LogP) is 4.41. The number of carbonyl (C=O) groups excluding carboxylic acids is 1. The van der Waals surface area contributed by atoms with Crippen molar-refractivity contribution in [3.63, 3.8) is 0 Å². The minimum absolute atomic E-state index is 0.228. The summed E-state index contributed by atoms with van der Waals surface area (Å²) in [5.41, 5.74) is 1.39. The van der Waals surface area contributed by atoms with E-state index in [2.05, 4.69) is 15.2 Å². The molecule has 0 saturated carbocycles. The second kappa shape index (κ2) is 8.73. The Balaban J connectivity index is 1.34. The summed E-state index contributed by atoms with van der Waals surface area (Å²) in [6, 6.07) is 13.7. The molecule has 1 fully saturated rings. The minimum atomic E-state index is -0.347. The SMILES string of the molecule is O=C(C=Cc1ccc(-c2ccccc2F)o1)NCc1ccnc(N2CCCC2)c1. The van der Waals surface area contributed by atoms with E-state index in [1.165, 1.54) is 25.0 Å². The molecule has 1 saturated heterocycles. The number of rotatable bonds is 6. The summed E-state index contributed by atoms with van der Waals surface area (Å²) in [6.45, 7) is 2.48. The van der Waals surface area contributed by atoms with Gasteiger partial charge in [-0.05, 0) is 60.9 Å². The maximum atomic E-state index is 13.8. The predicted molar refractivity (Wildman–Crippen MR) is 111 cm³/mol. The smallest absolute Gasteiger partial charge is 0.244 e. The second-order valence-corrected chi connectivity index (χ2v) is 6.95. The number of hydrogen-bond acceptors (Lipinski definition) is 4. The number of hydrogen-bond donors (Lipinski definition) is 1. The normalized spacial score (nSPS) is 13.9. The van der Waals surface area contributed by atoms with E-state index in [-0.39, 0.29) is 11.7 Å². The van der Waals surface area contributed by atoms with Crippen molar-refractivity contribution >= 4 is 17.8 Å². The first kappa shape index (κ1) is 18.9. The molecule has 0 radical (unpaired) electrons. The first-order valence-electron chi connectivity index (χ1n) is 9.69. The zero-order valence-electron chi connectivity index (χ0n) is 16.0. The topological polar surface area (TPSA) is 58.4 Å². The van der Waals surface area contributed by atoms with E-state index < -0.39 is 0 Å². The van der Waals surface area contributed by atoms with Crippen molar-refractivity contribution in [2.75, 3.05) is 18.0 Å². The Labute approximate surface area is 168 Å². The van der Waals surface area contributed by atoms with Crippen molar-refractivity contribution in [3.8, 4) is 11.3 Å². The third kappa shape index (κ3) is 4.71. The number of anilines is 1. The van der Waals surface area contributed by atoms with Gasteiger partial charge in [0.05, 0.1) is 5.56 Å². The van der Waals surface area contributed by atoms with Crippen molar-refractivity contribution in [2.45, 2.75) is 19.4 Å². The molecule has 0 bridgehead atoms. The number of amides is 1. The van der Waals surface area contributed by atoms with Gasteiger partial charge in [0.25, 0.3) is 0 Å². The Kier molecular flexibility index (Phi) is 5.70. The summed E-state index contributed by atoms with van der Waals surface area (Å²) in [5, 5.41) is 2.86. The van der Waals surface area contributed by atoms with Gasteiger partial charge < -0.3 is 14.6 Å². The molecule has 148 valence electrons. The van der Waals surface area contributed by atoms with E-state index in [9.17, 15) is 9.18 Å². The van der Waals surface area contributed by atoms with Crippen LogP contribution in [0.1, 0.15) is 24.2 Å². The highest BCUT2D eigenvalue weighted by Gasteiger charge is 2.13. The van der Waals surface area contributed by atoms with Crippen LogP contribution in [0.3, 0.4) is 0 Å². The van der Waals surface area contributed by atoms with E-state index in [4.69, 9.17) is 4.42 Å². The molecule has 3 heterocycles. The summed E-state index contributed by atoms with van der Waals surface area (Å²) < 4.78 is 19.5. The Morgan fingerprint density at radius 3 is 2.83 bits per heavy atom. The molecule has 4 rings (SSSR count).